The van der Waals surface area contributed by atoms with E-state index in [0.717, 1.165) is 41.6 Å². The molecule has 0 saturated carbocycles. The van der Waals surface area contributed by atoms with Crippen molar-refractivity contribution in [3.63, 3.8) is 0 Å². The van der Waals surface area contributed by atoms with Crippen LogP contribution in [0.4, 0.5) is 0 Å². The van der Waals surface area contributed by atoms with Gasteiger partial charge in [-0.25, -0.2) is 5.43 Å². The molecule has 2 rings (SSSR count). The summed E-state index contributed by atoms with van der Waals surface area (Å²) >= 11 is 1.70. The standard InChI is InChI=1S/C39H61N3O5S/c1-13-17-32(20-26(5)6)42(12)29(10)19-18-28(9)21-35-38(40-41-39(35)48-25-44-14-2)34-24-33(27(7)8)31(23-37(43)46-16-4)22-36(34)47-30(11)45-15-3/h18-20,22,24,26-27,39-41H,11,13-17,21,23,25H2,1-10,12H3/b28-18-,29-19-,32-20+. The summed E-state index contributed by atoms with van der Waals surface area (Å²) in [7, 11) is 2.15. The highest BCUT2D eigenvalue weighted by Gasteiger charge is 2.30. The van der Waals surface area contributed by atoms with E-state index in [1.54, 1.807) is 11.8 Å². The Balaban J connectivity index is 2.67. The predicted octanol–water partition coefficient (Wildman–Crippen LogP) is 9.19. The summed E-state index contributed by atoms with van der Waals surface area (Å²) in [5.74, 6) is 1.70. The lowest BCUT2D eigenvalue weighted by Crippen LogP contribution is -2.30. The molecule has 0 aromatic heterocycles. The van der Waals surface area contributed by atoms with Gasteiger partial charge in [0.2, 0.25) is 0 Å². The first kappa shape index (κ1) is 41.0. The van der Waals surface area contributed by atoms with Crippen LogP contribution in [0, 0.1) is 5.92 Å². The maximum Gasteiger partial charge on any atom is 0.310 e. The number of hydrazine groups is 1. The number of carbonyl (C=O) groups is 1. The molecule has 0 fully saturated rings. The summed E-state index contributed by atoms with van der Waals surface area (Å²) < 4.78 is 22.9. The molecule has 1 heterocycles. The van der Waals surface area contributed by atoms with Crippen LogP contribution in [0.25, 0.3) is 5.70 Å². The molecule has 1 aromatic rings. The summed E-state index contributed by atoms with van der Waals surface area (Å²) in [6, 6.07) is 4.06. The van der Waals surface area contributed by atoms with E-state index in [4.69, 9.17) is 18.9 Å². The Kier molecular flexibility index (Phi) is 18.0. The van der Waals surface area contributed by atoms with Gasteiger partial charge in [0, 0.05) is 30.6 Å². The average Bonchev–Trinajstić information content (AvgIpc) is 3.40. The van der Waals surface area contributed by atoms with Crippen LogP contribution in [0.15, 0.2) is 65.4 Å². The van der Waals surface area contributed by atoms with Gasteiger partial charge in [-0.1, -0.05) is 58.8 Å². The van der Waals surface area contributed by atoms with Gasteiger partial charge >= 0.3 is 5.97 Å². The van der Waals surface area contributed by atoms with E-state index in [9.17, 15) is 4.79 Å². The van der Waals surface area contributed by atoms with Crippen molar-refractivity contribution in [1.29, 1.82) is 0 Å². The molecular weight excluding hydrogens is 623 g/mol. The molecule has 0 spiro atoms. The fraction of sp³-hybridized carbons (Fsp3) is 0.564. The highest BCUT2D eigenvalue weighted by Crippen LogP contribution is 2.39. The topological polar surface area (TPSA) is 81.3 Å². The SMILES string of the molecule is C=C(OCC)Oc1cc(CC(=O)OCC)c(C(C)C)cc1C1=C(C/C(C)=C\C=C(\C)N(C)/C(=C/C(C)C)CCC)C(SCOCC)NN1. The van der Waals surface area contributed by atoms with Crippen LogP contribution in [0.3, 0.4) is 0 Å². The van der Waals surface area contributed by atoms with Crippen molar-refractivity contribution in [2.45, 2.75) is 106 Å². The zero-order valence-electron chi connectivity index (χ0n) is 31.4. The molecule has 48 heavy (non-hydrogen) atoms. The molecule has 1 atom stereocenters. The first-order valence-corrected chi connectivity index (χ1v) is 18.5. The quantitative estimate of drug-likeness (QED) is 0.0433. The lowest BCUT2D eigenvalue weighted by molar-refractivity contribution is -0.142. The van der Waals surface area contributed by atoms with Gasteiger partial charge in [-0.3, -0.25) is 4.79 Å². The second-order valence-electron chi connectivity index (χ2n) is 12.6. The van der Waals surface area contributed by atoms with Crippen molar-refractivity contribution in [2.24, 2.45) is 5.92 Å². The lowest BCUT2D eigenvalue weighted by atomic mass is 9.90. The highest BCUT2D eigenvalue weighted by atomic mass is 32.2. The number of carbonyl (C=O) groups excluding carboxylic acids is 1. The minimum atomic E-state index is -0.272. The summed E-state index contributed by atoms with van der Waals surface area (Å²) in [6.45, 7) is 26.4. The molecule has 0 bridgehead atoms. The smallest absolute Gasteiger partial charge is 0.310 e. The van der Waals surface area contributed by atoms with Crippen molar-refractivity contribution in [3.05, 3.63) is 82.1 Å². The molecule has 8 nitrogen and oxygen atoms in total. The maximum atomic E-state index is 12.6. The van der Waals surface area contributed by atoms with E-state index >= 15 is 0 Å². The predicted molar refractivity (Wildman–Crippen MR) is 201 cm³/mol. The summed E-state index contributed by atoms with van der Waals surface area (Å²) in [4.78, 5) is 14.9. The largest absolute Gasteiger partial charge is 0.466 e. The van der Waals surface area contributed by atoms with Crippen LogP contribution < -0.4 is 15.6 Å². The number of esters is 1. The number of hydrogen-bond donors (Lipinski definition) is 2. The number of rotatable bonds is 21. The molecule has 1 aromatic carbocycles. The molecular formula is C39H61N3O5S. The Morgan fingerprint density at radius 2 is 1.73 bits per heavy atom. The molecule has 0 saturated heterocycles. The van der Waals surface area contributed by atoms with Crippen molar-refractivity contribution in [1.82, 2.24) is 15.8 Å². The van der Waals surface area contributed by atoms with Gasteiger partial charge in [0.1, 0.15) is 5.75 Å². The summed E-state index contributed by atoms with van der Waals surface area (Å²) in [5.41, 5.74) is 15.6. The second-order valence-corrected chi connectivity index (χ2v) is 13.7. The first-order chi connectivity index (χ1) is 22.9. The molecule has 1 aliphatic heterocycles. The van der Waals surface area contributed by atoms with Gasteiger partial charge in [-0.2, -0.15) is 0 Å². The third kappa shape index (κ3) is 12.7. The minimum Gasteiger partial charge on any atom is -0.466 e. The van der Waals surface area contributed by atoms with E-state index < -0.39 is 0 Å². The summed E-state index contributed by atoms with van der Waals surface area (Å²) in [5, 5.41) is -0.0302. The van der Waals surface area contributed by atoms with Gasteiger partial charge in [-0.05, 0) is 101 Å². The van der Waals surface area contributed by atoms with Gasteiger partial charge in [0.05, 0.1) is 36.6 Å². The van der Waals surface area contributed by atoms with Crippen molar-refractivity contribution >= 4 is 23.4 Å². The fourth-order valence-corrected chi connectivity index (χ4v) is 6.40. The maximum absolute atomic E-state index is 12.6. The monoisotopic (exact) mass is 683 g/mol. The molecule has 9 heteroatoms. The van der Waals surface area contributed by atoms with Gasteiger partial charge in [-0.15, -0.1) is 11.8 Å². The lowest BCUT2D eigenvalue weighted by Gasteiger charge is -2.24. The molecule has 0 aliphatic carbocycles. The Labute approximate surface area is 295 Å². The van der Waals surface area contributed by atoms with Crippen LogP contribution >= 0.6 is 11.8 Å². The number of hydrogen-bond acceptors (Lipinski definition) is 9. The zero-order valence-corrected chi connectivity index (χ0v) is 32.2. The van der Waals surface area contributed by atoms with Crippen molar-refractivity contribution < 1.29 is 23.7 Å². The third-order valence-electron chi connectivity index (χ3n) is 7.86. The normalized spacial score (nSPS) is 15.7. The van der Waals surface area contributed by atoms with E-state index in [2.05, 4.69) is 102 Å². The van der Waals surface area contributed by atoms with Crippen LogP contribution in [-0.4, -0.2) is 49.1 Å². The van der Waals surface area contributed by atoms with E-state index in [1.165, 1.54) is 22.5 Å². The highest BCUT2D eigenvalue weighted by molar-refractivity contribution is 7.99. The van der Waals surface area contributed by atoms with E-state index in [0.29, 0.717) is 37.4 Å². The number of nitrogens with zero attached hydrogens (tertiary/aromatic N) is 1. The second kappa shape index (κ2) is 21.1. The third-order valence-corrected chi connectivity index (χ3v) is 8.90. The van der Waals surface area contributed by atoms with Crippen LogP contribution in [-0.2, 0) is 25.4 Å². The fourth-order valence-electron chi connectivity index (χ4n) is 5.45. The molecule has 0 radical (unpaired) electrons. The number of thioether (sulfide) groups is 1. The van der Waals surface area contributed by atoms with Gasteiger partial charge in [0.15, 0.2) is 0 Å². The average molecular weight is 684 g/mol. The minimum absolute atomic E-state index is 0.0302. The Morgan fingerprint density at radius 1 is 1.02 bits per heavy atom. The molecule has 1 aliphatic rings. The molecule has 2 N–H and O–H groups in total. The summed E-state index contributed by atoms with van der Waals surface area (Å²) in [6.07, 6.45) is 9.81. The Hall–Kier alpha value is -3.14. The number of benzene rings is 1. The molecule has 1 unspecified atom stereocenters. The Bertz CT molecular complexity index is 1350. The zero-order chi connectivity index (χ0) is 35.8. The Morgan fingerprint density at radius 3 is 2.33 bits per heavy atom. The van der Waals surface area contributed by atoms with E-state index in [1.807, 2.05) is 26.8 Å². The van der Waals surface area contributed by atoms with E-state index in [-0.39, 0.29) is 29.6 Å². The number of nitrogens with one attached hydrogen (secondary N) is 2. The van der Waals surface area contributed by atoms with Crippen LogP contribution in [0.5, 0.6) is 5.75 Å². The first-order valence-electron chi connectivity index (χ1n) is 17.4. The van der Waals surface area contributed by atoms with Crippen LogP contribution in [0.2, 0.25) is 0 Å². The van der Waals surface area contributed by atoms with Crippen molar-refractivity contribution in [2.75, 3.05) is 32.8 Å². The van der Waals surface area contributed by atoms with Gasteiger partial charge in [0.25, 0.3) is 5.95 Å². The van der Waals surface area contributed by atoms with Crippen LogP contribution in [0.1, 0.15) is 111 Å². The number of ether oxygens (including phenoxy) is 4. The van der Waals surface area contributed by atoms with Crippen molar-refractivity contribution in [3.8, 4) is 5.75 Å². The molecule has 0 amide bonds. The van der Waals surface area contributed by atoms with Gasteiger partial charge < -0.3 is 29.3 Å². The number of allylic oxidation sites excluding steroid dienone is 6. The molecule has 268 valence electrons.